The van der Waals surface area contributed by atoms with Gasteiger partial charge >= 0.3 is 0 Å². The van der Waals surface area contributed by atoms with Crippen molar-refractivity contribution in [3.63, 3.8) is 0 Å². The van der Waals surface area contributed by atoms with E-state index in [-0.39, 0.29) is 0 Å². The van der Waals surface area contributed by atoms with Crippen LogP contribution >= 0.6 is 11.6 Å². The van der Waals surface area contributed by atoms with Crippen LogP contribution in [0, 0.1) is 5.92 Å². The van der Waals surface area contributed by atoms with Crippen LogP contribution in [0.2, 0.25) is 5.02 Å². The third kappa shape index (κ3) is 5.28. The zero-order valence-electron chi connectivity index (χ0n) is 11.8. The summed E-state index contributed by atoms with van der Waals surface area (Å²) in [6, 6.07) is 6.40. The standard InChI is InChI=1S/C15H24ClNO/c1-5-13-8-14(6-7-15(13)16)18-10-12(4)9-17-11(2)3/h6-8,11-12,17H,5,9-10H2,1-4H3. The van der Waals surface area contributed by atoms with Gasteiger partial charge in [0.25, 0.3) is 0 Å². The molecule has 1 aromatic rings. The second-order valence-corrected chi connectivity index (χ2v) is 5.49. The van der Waals surface area contributed by atoms with Crippen molar-refractivity contribution in [1.82, 2.24) is 5.32 Å². The van der Waals surface area contributed by atoms with Gasteiger partial charge in [-0.2, -0.15) is 0 Å². The van der Waals surface area contributed by atoms with Crippen molar-refractivity contribution in [2.45, 2.75) is 40.2 Å². The van der Waals surface area contributed by atoms with Crippen molar-refractivity contribution in [2.75, 3.05) is 13.2 Å². The maximum Gasteiger partial charge on any atom is 0.119 e. The van der Waals surface area contributed by atoms with Crippen molar-refractivity contribution in [3.05, 3.63) is 28.8 Å². The quantitative estimate of drug-likeness (QED) is 0.810. The van der Waals surface area contributed by atoms with Gasteiger partial charge in [-0.3, -0.25) is 0 Å². The third-order valence-corrected chi connectivity index (χ3v) is 3.18. The summed E-state index contributed by atoms with van der Waals surface area (Å²) in [5, 5.41) is 4.23. The zero-order valence-corrected chi connectivity index (χ0v) is 12.6. The monoisotopic (exact) mass is 269 g/mol. The Morgan fingerprint density at radius 2 is 2.00 bits per heavy atom. The molecule has 18 heavy (non-hydrogen) atoms. The highest BCUT2D eigenvalue weighted by Gasteiger charge is 2.05. The summed E-state index contributed by atoms with van der Waals surface area (Å²) < 4.78 is 5.80. The van der Waals surface area contributed by atoms with E-state index in [4.69, 9.17) is 16.3 Å². The molecule has 1 N–H and O–H groups in total. The molecule has 3 heteroatoms. The lowest BCUT2D eigenvalue weighted by Gasteiger charge is -2.16. The van der Waals surface area contributed by atoms with Gasteiger partial charge in [-0.15, -0.1) is 0 Å². The molecule has 0 saturated heterocycles. The largest absolute Gasteiger partial charge is 0.493 e. The van der Waals surface area contributed by atoms with Crippen LogP contribution in [0.25, 0.3) is 0 Å². The second kappa shape index (κ2) is 7.65. The summed E-state index contributed by atoms with van der Waals surface area (Å²) in [5.41, 5.74) is 1.14. The summed E-state index contributed by atoms with van der Waals surface area (Å²) in [4.78, 5) is 0. The van der Waals surface area contributed by atoms with Gasteiger partial charge in [0.15, 0.2) is 0 Å². The molecule has 0 fully saturated rings. The van der Waals surface area contributed by atoms with Gasteiger partial charge in [-0.05, 0) is 30.2 Å². The summed E-state index contributed by atoms with van der Waals surface area (Å²) in [6.45, 7) is 10.3. The number of hydrogen-bond acceptors (Lipinski definition) is 2. The van der Waals surface area contributed by atoms with Gasteiger partial charge < -0.3 is 10.1 Å². The van der Waals surface area contributed by atoms with Gasteiger partial charge in [0.2, 0.25) is 0 Å². The molecule has 0 aliphatic rings. The Balaban J connectivity index is 2.43. The fraction of sp³-hybridized carbons (Fsp3) is 0.600. The lowest BCUT2D eigenvalue weighted by atomic mass is 10.1. The molecular formula is C15H24ClNO. The Bertz CT molecular complexity index is 366. The van der Waals surface area contributed by atoms with Crippen molar-refractivity contribution < 1.29 is 4.74 Å². The Labute approximate surface area is 116 Å². The van der Waals surface area contributed by atoms with E-state index in [2.05, 4.69) is 33.0 Å². The first kappa shape index (κ1) is 15.3. The van der Waals surface area contributed by atoms with E-state index in [0.29, 0.717) is 12.0 Å². The normalized spacial score (nSPS) is 12.8. The molecule has 0 bridgehead atoms. The van der Waals surface area contributed by atoms with E-state index >= 15 is 0 Å². The van der Waals surface area contributed by atoms with E-state index in [1.165, 1.54) is 0 Å². The molecule has 0 heterocycles. The predicted molar refractivity (Wildman–Crippen MR) is 78.6 cm³/mol. The average molecular weight is 270 g/mol. The van der Waals surface area contributed by atoms with Gasteiger partial charge in [-0.25, -0.2) is 0 Å². The van der Waals surface area contributed by atoms with Gasteiger partial charge in [0.05, 0.1) is 6.61 Å². The van der Waals surface area contributed by atoms with Crippen LogP contribution in [0.3, 0.4) is 0 Å². The Hall–Kier alpha value is -0.730. The number of aryl methyl sites for hydroxylation is 1. The fourth-order valence-corrected chi connectivity index (χ4v) is 1.90. The maximum absolute atomic E-state index is 6.08. The van der Waals surface area contributed by atoms with Crippen molar-refractivity contribution >= 4 is 11.6 Å². The maximum atomic E-state index is 6.08. The van der Waals surface area contributed by atoms with E-state index in [9.17, 15) is 0 Å². The van der Waals surface area contributed by atoms with Crippen LogP contribution in [-0.4, -0.2) is 19.2 Å². The molecule has 102 valence electrons. The SMILES string of the molecule is CCc1cc(OCC(C)CNC(C)C)ccc1Cl. The van der Waals surface area contributed by atoms with Crippen LogP contribution < -0.4 is 10.1 Å². The Morgan fingerprint density at radius 3 is 2.61 bits per heavy atom. The van der Waals surface area contributed by atoms with E-state index in [0.717, 1.165) is 35.9 Å². The number of benzene rings is 1. The van der Waals surface area contributed by atoms with Crippen LogP contribution in [0.4, 0.5) is 0 Å². The zero-order chi connectivity index (χ0) is 13.5. The van der Waals surface area contributed by atoms with Crippen LogP contribution in [0.5, 0.6) is 5.75 Å². The lowest BCUT2D eigenvalue weighted by Crippen LogP contribution is -2.30. The molecule has 0 aliphatic carbocycles. The first-order valence-electron chi connectivity index (χ1n) is 6.67. The van der Waals surface area contributed by atoms with Gasteiger partial charge in [0.1, 0.15) is 5.75 Å². The molecule has 1 rings (SSSR count). The lowest BCUT2D eigenvalue weighted by molar-refractivity contribution is 0.253. The summed E-state index contributed by atoms with van der Waals surface area (Å²) >= 11 is 6.08. The molecule has 2 nitrogen and oxygen atoms in total. The van der Waals surface area contributed by atoms with Crippen LogP contribution in [0.15, 0.2) is 18.2 Å². The van der Waals surface area contributed by atoms with Crippen LogP contribution in [-0.2, 0) is 6.42 Å². The minimum atomic E-state index is 0.494. The van der Waals surface area contributed by atoms with E-state index in [1.807, 2.05) is 18.2 Å². The number of nitrogens with one attached hydrogen (secondary N) is 1. The molecule has 0 radical (unpaired) electrons. The summed E-state index contributed by atoms with van der Waals surface area (Å²) in [7, 11) is 0. The highest BCUT2D eigenvalue weighted by atomic mass is 35.5. The summed E-state index contributed by atoms with van der Waals surface area (Å²) in [5.74, 6) is 1.40. The number of rotatable bonds is 7. The molecule has 0 aliphatic heterocycles. The van der Waals surface area contributed by atoms with Gasteiger partial charge in [-0.1, -0.05) is 39.3 Å². The fourth-order valence-electron chi connectivity index (χ4n) is 1.65. The topological polar surface area (TPSA) is 21.3 Å². The van der Waals surface area contributed by atoms with Crippen molar-refractivity contribution in [3.8, 4) is 5.75 Å². The molecule has 1 unspecified atom stereocenters. The Morgan fingerprint density at radius 1 is 1.28 bits per heavy atom. The van der Waals surface area contributed by atoms with Gasteiger partial charge in [0, 0.05) is 23.5 Å². The third-order valence-electron chi connectivity index (χ3n) is 2.81. The second-order valence-electron chi connectivity index (χ2n) is 5.09. The minimum absolute atomic E-state index is 0.494. The summed E-state index contributed by atoms with van der Waals surface area (Å²) in [6.07, 6.45) is 0.931. The molecular weight excluding hydrogens is 246 g/mol. The van der Waals surface area contributed by atoms with E-state index < -0.39 is 0 Å². The first-order valence-corrected chi connectivity index (χ1v) is 7.05. The predicted octanol–water partition coefficient (Wildman–Crippen LogP) is 3.92. The molecule has 0 aromatic heterocycles. The number of hydrogen-bond donors (Lipinski definition) is 1. The average Bonchev–Trinajstić information content (AvgIpc) is 2.35. The first-order chi connectivity index (χ1) is 8.52. The van der Waals surface area contributed by atoms with Crippen molar-refractivity contribution in [1.29, 1.82) is 0 Å². The van der Waals surface area contributed by atoms with Crippen LogP contribution in [0.1, 0.15) is 33.3 Å². The number of ether oxygens (including phenoxy) is 1. The Kier molecular flexibility index (Phi) is 6.51. The molecule has 0 spiro atoms. The highest BCUT2D eigenvalue weighted by Crippen LogP contribution is 2.22. The molecule has 0 amide bonds. The minimum Gasteiger partial charge on any atom is -0.493 e. The molecule has 1 atom stereocenters. The van der Waals surface area contributed by atoms with Crippen molar-refractivity contribution in [2.24, 2.45) is 5.92 Å². The molecule has 0 saturated carbocycles. The highest BCUT2D eigenvalue weighted by molar-refractivity contribution is 6.31. The smallest absolute Gasteiger partial charge is 0.119 e. The molecule has 1 aromatic carbocycles. The number of halogens is 1. The van der Waals surface area contributed by atoms with E-state index in [1.54, 1.807) is 0 Å².